The van der Waals surface area contributed by atoms with Crippen molar-refractivity contribution in [3.8, 4) is 0 Å². The molecule has 0 aromatic carbocycles. The Hall–Kier alpha value is 0.600. The Bertz CT molecular complexity index is 294. The number of hydrogen-bond donors (Lipinski definition) is 2. The fraction of sp³-hybridized carbons (Fsp3) is 1.00. The van der Waals surface area contributed by atoms with Crippen molar-refractivity contribution in [2.45, 2.75) is 26.7 Å². The summed E-state index contributed by atoms with van der Waals surface area (Å²) in [6.07, 6.45) is 0.0579. The van der Waals surface area contributed by atoms with Gasteiger partial charge in [-0.25, -0.2) is 0 Å². The Kier molecular flexibility index (Phi) is 7.51. The van der Waals surface area contributed by atoms with E-state index in [4.69, 9.17) is 11.8 Å². The first-order valence-corrected chi connectivity index (χ1v) is 12.0. The molecule has 0 saturated heterocycles. The van der Waals surface area contributed by atoms with E-state index in [1.807, 2.05) is 20.3 Å². The van der Waals surface area contributed by atoms with Gasteiger partial charge in [0.2, 0.25) is 0 Å². The first-order chi connectivity index (χ1) is 7.61. The van der Waals surface area contributed by atoms with Crippen LogP contribution >= 0.6 is 13.9 Å². The Morgan fingerprint density at radius 2 is 2.00 bits per heavy atom. The van der Waals surface area contributed by atoms with Crippen LogP contribution in [-0.4, -0.2) is 35.4 Å². The van der Waals surface area contributed by atoms with Gasteiger partial charge in [0.1, 0.15) is 0 Å². The van der Waals surface area contributed by atoms with Gasteiger partial charge in [-0.15, -0.1) is 0 Å². The van der Waals surface area contributed by atoms with Crippen LogP contribution in [0.4, 0.5) is 0 Å². The molecule has 7 heteroatoms. The van der Waals surface area contributed by atoms with Crippen LogP contribution in [0.1, 0.15) is 26.7 Å². The van der Waals surface area contributed by atoms with Crippen LogP contribution in [0.5, 0.6) is 0 Å². The molecule has 4 nitrogen and oxygen atoms in total. The van der Waals surface area contributed by atoms with Crippen molar-refractivity contribution in [1.82, 2.24) is 0 Å². The number of nitrogens with zero attached hydrogens (tertiary/aromatic N) is 1. The fourth-order valence-electron chi connectivity index (χ4n) is 1.99. The molecule has 0 bridgehead atoms. The zero-order valence-corrected chi connectivity index (χ0v) is 13.8. The molecule has 0 aliphatic carbocycles. The van der Waals surface area contributed by atoms with Crippen LogP contribution in [0.3, 0.4) is 0 Å². The predicted octanol–water partition coefficient (Wildman–Crippen LogP) is 3.02. The van der Waals surface area contributed by atoms with Gasteiger partial charge in [-0.05, 0) is 0 Å². The van der Waals surface area contributed by atoms with Crippen LogP contribution in [0.15, 0.2) is 4.95 Å². The summed E-state index contributed by atoms with van der Waals surface area (Å²) in [5.74, 6) is 0.579. The third-order valence-corrected chi connectivity index (χ3v) is 6.58. The van der Waals surface area contributed by atoms with Crippen molar-refractivity contribution in [2.24, 2.45) is 16.8 Å². The van der Waals surface area contributed by atoms with E-state index >= 15 is 0 Å². The average Bonchev–Trinajstić information content (AvgIpc) is 2.16. The van der Waals surface area contributed by atoms with Crippen LogP contribution < -0.4 is 0 Å². The normalized spacial score (nSPS) is 20.4. The van der Waals surface area contributed by atoms with E-state index in [1.165, 1.54) is 0 Å². The zero-order chi connectivity index (χ0) is 13.7. The third kappa shape index (κ3) is 8.34. The van der Waals surface area contributed by atoms with Gasteiger partial charge in [0, 0.05) is 0 Å². The molecule has 0 aliphatic heterocycles. The summed E-state index contributed by atoms with van der Waals surface area (Å²) >= 11 is 4.79. The van der Waals surface area contributed by atoms with Crippen LogP contribution in [0.2, 0.25) is 0 Å². The Morgan fingerprint density at radius 3 is 2.35 bits per heavy atom. The summed E-state index contributed by atoms with van der Waals surface area (Å²) in [4.78, 5) is 32.5. The number of rotatable bonds is 8. The molecule has 0 radical (unpaired) electrons. The molecule has 0 fully saturated rings. The van der Waals surface area contributed by atoms with Gasteiger partial charge in [0.05, 0.1) is 0 Å². The van der Waals surface area contributed by atoms with Gasteiger partial charge in [-0.1, -0.05) is 0 Å². The quantitative estimate of drug-likeness (QED) is 0.534. The van der Waals surface area contributed by atoms with Gasteiger partial charge in [0.15, 0.2) is 0 Å². The minimum absolute atomic E-state index is 0.185. The van der Waals surface area contributed by atoms with Gasteiger partial charge in [0.25, 0.3) is 0 Å². The predicted molar refractivity (Wildman–Crippen MR) is 82.0 cm³/mol. The summed E-state index contributed by atoms with van der Waals surface area (Å²) in [5.41, 5.74) is 0. The molecule has 0 saturated carbocycles. The van der Waals surface area contributed by atoms with Gasteiger partial charge in [-0.3, -0.25) is 0 Å². The molecule has 17 heavy (non-hydrogen) atoms. The summed E-state index contributed by atoms with van der Waals surface area (Å²) in [6, 6.07) is 0. The summed E-state index contributed by atoms with van der Waals surface area (Å²) in [6.45, 7) is 7.94. The molecule has 104 valence electrons. The van der Waals surface area contributed by atoms with Crippen molar-refractivity contribution < 1.29 is 9.79 Å². The van der Waals surface area contributed by atoms with Gasteiger partial charge < -0.3 is 0 Å². The average molecular weight is 301 g/mol. The van der Waals surface area contributed by atoms with Crippen molar-refractivity contribution in [3.05, 3.63) is 4.91 Å². The SMILES string of the molecule is CCC(CC[PH](C)(C)O)C(C)CP(O)(=S)N=O. The molecule has 3 unspecified atom stereocenters. The third-order valence-electron chi connectivity index (χ3n) is 3.11. The molecule has 0 aromatic heterocycles. The summed E-state index contributed by atoms with van der Waals surface area (Å²) in [7, 11) is -2.01. The molecule has 0 heterocycles. The topological polar surface area (TPSA) is 69.9 Å². The molecule has 0 rings (SSSR count). The monoisotopic (exact) mass is 301 g/mol. The standard InChI is InChI=1S/C10H25NO3P2S/c1-5-10(6-7-15(3,4)13)9(2)8-16(14,17)11-12/h9-10,13,15H,5-8H2,1-4H3,(H,14,17). The maximum atomic E-state index is 10.4. The van der Waals surface area contributed by atoms with E-state index in [0.717, 1.165) is 19.0 Å². The second-order valence-electron chi connectivity index (χ2n) is 5.43. The minimum atomic E-state index is -3.01. The van der Waals surface area contributed by atoms with Crippen LogP contribution in [0.25, 0.3) is 0 Å². The van der Waals surface area contributed by atoms with E-state index in [0.29, 0.717) is 12.1 Å². The summed E-state index contributed by atoms with van der Waals surface area (Å²) in [5, 5.41) is 0. The molecule has 0 aliphatic rings. The molecule has 0 amide bonds. The van der Waals surface area contributed by atoms with Crippen molar-refractivity contribution >= 4 is 25.7 Å². The van der Waals surface area contributed by atoms with Crippen LogP contribution in [-0.2, 0) is 11.8 Å². The van der Waals surface area contributed by atoms with E-state index < -0.39 is 13.9 Å². The van der Waals surface area contributed by atoms with E-state index in [-0.39, 0.29) is 5.92 Å². The van der Waals surface area contributed by atoms with Crippen molar-refractivity contribution in [2.75, 3.05) is 25.7 Å². The molecular weight excluding hydrogens is 276 g/mol. The number of nitroso groups, excluding NO2 is 1. The van der Waals surface area contributed by atoms with E-state index in [1.54, 1.807) is 0 Å². The maximum absolute atomic E-state index is 10.4. The zero-order valence-electron chi connectivity index (χ0n) is 11.1. The molecule has 3 atom stereocenters. The van der Waals surface area contributed by atoms with E-state index in [2.05, 4.69) is 11.9 Å². The fourth-order valence-corrected chi connectivity index (χ4v) is 4.88. The second-order valence-corrected chi connectivity index (χ2v) is 13.2. The first-order valence-electron chi connectivity index (χ1n) is 6.00. The Morgan fingerprint density at radius 1 is 1.47 bits per heavy atom. The first kappa shape index (κ1) is 17.6. The molecule has 0 aromatic rings. The van der Waals surface area contributed by atoms with Gasteiger partial charge >= 0.3 is 110 Å². The molecule has 0 spiro atoms. The Labute approximate surface area is 110 Å². The summed E-state index contributed by atoms with van der Waals surface area (Å²) < 4.78 is 0. The van der Waals surface area contributed by atoms with Crippen molar-refractivity contribution in [3.63, 3.8) is 0 Å². The Balaban J connectivity index is 4.36. The van der Waals surface area contributed by atoms with E-state index in [9.17, 15) is 14.7 Å². The molecular formula is C10H25NO3P2S. The molecule has 2 N–H and O–H groups in total. The number of hydrogen-bond acceptors (Lipinski definition) is 3. The second kappa shape index (κ2) is 7.25. The van der Waals surface area contributed by atoms with Crippen LogP contribution in [0, 0.1) is 16.7 Å². The van der Waals surface area contributed by atoms with Gasteiger partial charge in [-0.2, -0.15) is 0 Å². The van der Waals surface area contributed by atoms with Crippen molar-refractivity contribution in [1.29, 1.82) is 0 Å².